The Morgan fingerprint density at radius 2 is 1.68 bits per heavy atom. The summed E-state index contributed by atoms with van der Waals surface area (Å²) in [5, 5.41) is 2.85. The lowest BCUT2D eigenvalue weighted by molar-refractivity contribution is -0.128. The zero-order chi connectivity index (χ0) is 27.1. The SMILES string of the molecule is CCOc1ccc(S(=O)(=O)N(CC)CC(=O)N2CC(C(=O)NCc3ccccc3)Oc3ccccc32)cc1. The van der Waals surface area contributed by atoms with Crippen LogP contribution in [0.5, 0.6) is 11.5 Å². The van der Waals surface area contributed by atoms with Gasteiger partial charge in [-0.1, -0.05) is 49.4 Å². The number of carbonyl (C=O) groups is 2. The van der Waals surface area contributed by atoms with Gasteiger partial charge in [-0.2, -0.15) is 4.31 Å². The van der Waals surface area contributed by atoms with E-state index < -0.39 is 28.6 Å². The van der Waals surface area contributed by atoms with E-state index in [1.165, 1.54) is 17.0 Å². The third-order valence-electron chi connectivity index (χ3n) is 6.11. The van der Waals surface area contributed by atoms with Crippen LogP contribution in [0.15, 0.2) is 83.8 Å². The average molecular weight is 538 g/mol. The van der Waals surface area contributed by atoms with Crippen LogP contribution in [0, 0.1) is 0 Å². The van der Waals surface area contributed by atoms with E-state index in [1.54, 1.807) is 43.3 Å². The lowest BCUT2D eigenvalue weighted by Crippen LogP contribution is -2.53. The second-order valence-electron chi connectivity index (χ2n) is 8.62. The topological polar surface area (TPSA) is 105 Å². The molecule has 3 aromatic carbocycles. The molecule has 10 heteroatoms. The second-order valence-corrected chi connectivity index (χ2v) is 10.6. The number of amides is 2. The van der Waals surface area contributed by atoms with Crippen LogP contribution in [0.1, 0.15) is 19.4 Å². The second kappa shape index (κ2) is 12.1. The summed E-state index contributed by atoms with van der Waals surface area (Å²) in [5.41, 5.74) is 1.42. The standard InChI is InChI=1S/C28H31N3O6S/c1-3-30(38(34,35)23-16-14-22(15-17-23)36-4-2)20-27(32)31-19-26(37-25-13-9-8-12-24(25)31)28(33)29-18-21-10-6-5-7-11-21/h5-17,26H,3-4,18-20H2,1-2H3,(H,29,33). The molecule has 1 aliphatic heterocycles. The molecule has 9 nitrogen and oxygen atoms in total. The Balaban J connectivity index is 1.50. The van der Waals surface area contributed by atoms with Gasteiger partial charge in [-0.3, -0.25) is 9.59 Å². The Bertz CT molecular complexity index is 1360. The van der Waals surface area contributed by atoms with Gasteiger partial charge in [0.2, 0.25) is 15.9 Å². The smallest absolute Gasteiger partial charge is 0.263 e. The van der Waals surface area contributed by atoms with Crippen molar-refractivity contribution in [3.8, 4) is 11.5 Å². The number of likely N-dealkylation sites (N-methyl/N-ethyl adjacent to an activating group) is 1. The summed E-state index contributed by atoms with van der Waals surface area (Å²) in [5.74, 6) is 0.116. The van der Waals surface area contributed by atoms with E-state index in [4.69, 9.17) is 9.47 Å². The Labute approximate surface area is 223 Å². The first-order valence-corrected chi connectivity index (χ1v) is 13.9. The number of sulfonamides is 1. The maximum absolute atomic E-state index is 13.5. The first-order chi connectivity index (χ1) is 18.3. The molecule has 0 saturated carbocycles. The fraction of sp³-hybridized carbons (Fsp3) is 0.286. The van der Waals surface area contributed by atoms with Crippen molar-refractivity contribution in [2.75, 3.05) is 31.1 Å². The summed E-state index contributed by atoms with van der Waals surface area (Å²) in [4.78, 5) is 27.9. The molecule has 2 amide bonds. The molecule has 0 radical (unpaired) electrons. The number of carbonyl (C=O) groups excluding carboxylic acids is 2. The first kappa shape index (κ1) is 27.2. The van der Waals surface area contributed by atoms with Crippen LogP contribution < -0.4 is 19.7 Å². The highest BCUT2D eigenvalue weighted by atomic mass is 32.2. The van der Waals surface area contributed by atoms with Gasteiger partial charge in [-0.15, -0.1) is 0 Å². The van der Waals surface area contributed by atoms with Crippen LogP contribution in [0.4, 0.5) is 5.69 Å². The van der Waals surface area contributed by atoms with E-state index in [1.807, 2.05) is 37.3 Å². The van der Waals surface area contributed by atoms with Crippen molar-refractivity contribution in [3.05, 3.63) is 84.4 Å². The van der Waals surface area contributed by atoms with Gasteiger partial charge in [0, 0.05) is 13.1 Å². The largest absolute Gasteiger partial charge is 0.494 e. The summed E-state index contributed by atoms with van der Waals surface area (Å²) in [6, 6.07) is 22.5. The molecule has 0 spiro atoms. The van der Waals surface area contributed by atoms with Crippen LogP contribution in [-0.4, -0.2) is 56.9 Å². The number of hydrogen-bond donors (Lipinski definition) is 1. The van der Waals surface area contributed by atoms with Gasteiger partial charge in [-0.25, -0.2) is 8.42 Å². The molecular weight excluding hydrogens is 506 g/mol. The predicted octanol–water partition coefficient (Wildman–Crippen LogP) is 3.21. The van der Waals surface area contributed by atoms with E-state index in [9.17, 15) is 18.0 Å². The minimum Gasteiger partial charge on any atom is -0.494 e. The minimum atomic E-state index is -3.94. The van der Waals surface area contributed by atoms with E-state index in [2.05, 4.69) is 5.32 Å². The van der Waals surface area contributed by atoms with Gasteiger partial charge in [-0.05, 0) is 48.9 Å². The van der Waals surface area contributed by atoms with Gasteiger partial charge in [0.05, 0.1) is 30.3 Å². The third kappa shape index (κ3) is 6.15. The zero-order valence-electron chi connectivity index (χ0n) is 21.4. The summed E-state index contributed by atoms with van der Waals surface area (Å²) in [7, 11) is -3.94. The Hall–Kier alpha value is -3.89. The Morgan fingerprint density at radius 3 is 2.37 bits per heavy atom. The number of nitrogens with zero attached hydrogens (tertiary/aromatic N) is 2. The Kier molecular flexibility index (Phi) is 8.65. The molecule has 0 saturated heterocycles. The molecule has 1 heterocycles. The van der Waals surface area contributed by atoms with Crippen molar-refractivity contribution < 1.29 is 27.5 Å². The Morgan fingerprint density at radius 1 is 1.00 bits per heavy atom. The number of rotatable bonds is 10. The van der Waals surface area contributed by atoms with Crippen molar-refractivity contribution in [2.45, 2.75) is 31.4 Å². The highest BCUT2D eigenvalue weighted by molar-refractivity contribution is 7.89. The number of ether oxygens (including phenoxy) is 2. The summed E-state index contributed by atoms with van der Waals surface area (Å²) in [6.45, 7) is 3.96. The van der Waals surface area contributed by atoms with E-state index in [-0.39, 0.29) is 23.9 Å². The molecule has 0 aliphatic carbocycles. The molecule has 1 unspecified atom stereocenters. The number of benzene rings is 3. The molecule has 0 bridgehead atoms. The zero-order valence-corrected chi connectivity index (χ0v) is 22.2. The van der Waals surface area contributed by atoms with Crippen molar-refractivity contribution >= 4 is 27.5 Å². The van der Waals surface area contributed by atoms with Crippen LogP contribution in [0.2, 0.25) is 0 Å². The molecular formula is C28H31N3O6S. The molecule has 1 N–H and O–H groups in total. The third-order valence-corrected chi connectivity index (χ3v) is 8.05. The summed E-state index contributed by atoms with van der Waals surface area (Å²) >= 11 is 0. The molecule has 4 rings (SSSR count). The normalized spacial score (nSPS) is 14.9. The van der Waals surface area contributed by atoms with Crippen molar-refractivity contribution in [1.29, 1.82) is 0 Å². The van der Waals surface area contributed by atoms with Gasteiger partial charge in [0.25, 0.3) is 5.91 Å². The average Bonchev–Trinajstić information content (AvgIpc) is 2.94. The van der Waals surface area contributed by atoms with Gasteiger partial charge < -0.3 is 19.7 Å². The fourth-order valence-electron chi connectivity index (χ4n) is 4.13. The maximum Gasteiger partial charge on any atom is 0.263 e. The maximum atomic E-state index is 13.5. The first-order valence-electron chi connectivity index (χ1n) is 12.4. The molecule has 3 aromatic rings. The van der Waals surface area contributed by atoms with Crippen molar-refractivity contribution in [2.24, 2.45) is 0 Å². The van der Waals surface area contributed by atoms with Crippen LogP contribution >= 0.6 is 0 Å². The molecule has 200 valence electrons. The quantitative estimate of drug-likeness (QED) is 0.426. The van der Waals surface area contributed by atoms with Crippen LogP contribution in [0.3, 0.4) is 0 Å². The lowest BCUT2D eigenvalue weighted by atomic mass is 10.1. The van der Waals surface area contributed by atoms with Gasteiger partial charge >= 0.3 is 0 Å². The number of nitrogens with one attached hydrogen (secondary N) is 1. The highest BCUT2D eigenvalue weighted by Gasteiger charge is 2.35. The van der Waals surface area contributed by atoms with Crippen molar-refractivity contribution in [3.63, 3.8) is 0 Å². The van der Waals surface area contributed by atoms with Crippen LogP contribution in [0.25, 0.3) is 0 Å². The molecule has 0 aromatic heterocycles. The molecule has 0 fully saturated rings. The predicted molar refractivity (Wildman–Crippen MR) is 144 cm³/mol. The van der Waals surface area contributed by atoms with Crippen LogP contribution in [-0.2, 0) is 26.2 Å². The van der Waals surface area contributed by atoms with E-state index in [0.29, 0.717) is 30.3 Å². The number of hydrogen-bond acceptors (Lipinski definition) is 6. The highest BCUT2D eigenvalue weighted by Crippen LogP contribution is 2.33. The number of fused-ring (bicyclic) bond motifs is 1. The lowest BCUT2D eigenvalue weighted by Gasteiger charge is -2.35. The molecule has 1 atom stereocenters. The number of para-hydroxylation sites is 2. The molecule has 1 aliphatic rings. The molecule has 38 heavy (non-hydrogen) atoms. The van der Waals surface area contributed by atoms with Gasteiger partial charge in [0.15, 0.2) is 6.10 Å². The minimum absolute atomic E-state index is 0.0445. The van der Waals surface area contributed by atoms with E-state index in [0.717, 1.165) is 9.87 Å². The monoisotopic (exact) mass is 537 g/mol. The van der Waals surface area contributed by atoms with E-state index >= 15 is 0 Å². The van der Waals surface area contributed by atoms with Crippen molar-refractivity contribution in [1.82, 2.24) is 9.62 Å². The summed E-state index contributed by atoms with van der Waals surface area (Å²) in [6.07, 6.45) is -0.949. The van der Waals surface area contributed by atoms with Gasteiger partial charge in [0.1, 0.15) is 11.5 Å². The number of anilines is 1. The summed E-state index contributed by atoms with van der Waals surface area (Å²) < 4.78 is 39.1. The fourth-order valence-corrected chi connectivity index (χ4v) is 5.53.